The van der Waals surface area contributed by atoms with Crippen LogP contribution in [0.25, 0.3) is 10.9 Å². The number of benzene rings is 1. The molecule has 1 aromatic carbocycles. The Morgan fingerprint density at radius 2 is 1.79 bits per heavy atom. The van der Waals surface area contributed by atoms with E-state index >= 15 is 0 Å². The molecule has 0 amide bonds. The molecule has 2 heterocycles. The van der Waals surface area contributed by atoms with Crippen molar-refractivity contribution in [3.8, 4) is 11.5 Å². The maximum Gasteiger partial charge on any atom is 0.192 e. The molecule has 4 heteroatoms. The van der Waals surface area contributed by atoms with Crippen molar-refractivity contribution >= 4 is 10.9 Å². The topological polar surface area (TPSA) is 51.3 Å². The van der Waals surface area contributed by atoms with E-state index < -0.39 is 0 Å². The number of aromatic amines is 1. The zero-order valence-corrected chi connectivity index (χ0v) is 10.6. The number of pyridine rings is 1. The number of fused-ring (bicyclic) bond motifs is 3. The van der Waals surface area contributed by atoms with E-state index in [1.54, 1.807) is 0 Å². The first-order valence-electron chi connectivity index (χ1n) is 6.80. The van der Waals surface area contributed by atoms with Crippen LogP contribution in [0.3, 0.4) is 0 Å². The van der Waals surface area contributed by atoms with Crippen LogP contribution in [0.1, 0.15) is 24.1 Å². The molecule has 1 aromatic heterocycles. The summed E-state index contributed by atoms with van der Waals surface area (Å²) in [6.45, 7) is 1.30. The molecular weight excluding hydrogens is 242 g/mol. The maximum absolute atomic E-state index is 12.5. The molecule has 2 aromatic rings. The Bertz CT molecular complexity index is 717. The number of nitrogens with one attached hydrogen (secondary N) is 1. The van der Waals surface area contributed by atoms with E-state index in [-0.39, 0.29) is 5.43 Å². The van der Waals surface area contributed by atoms with Gasteiger partial charge < -0.3 is 14.5 Å². The van der Waals surface area contributed by atoms with Crippen molar-refractivity contribution in [2.24, 2.45) is 0 Å². The van der Waals surface area contributed by atoms with Crippen LogP contribution in [-0.2, 0) is 12.8 Å². The Labute approximate surface area is 110 Å². The quantitative estimate of drug-likeness (QED) is 0.787. The van der Waals surface area contributed by atoms with Crippen molar-refractivity contribution < 1.29 is 9.47 Å². The molecule has 4 rings (SSSR count). The smallest absolute Gasteiger partial charge is 0.192 e. The van der Waals surface area contributed by atoms with Crippen molar-refractivity contribution in [1.82, 2.24) is 4.98 Å². The Morgan fingerprint density at radius 1 is 1.00 bits per heavy atom. The van der Waals surface area contributed by atoms with Gasteiger partial charge in [0.05, 0.1) is 18.7 Å². The number of rotatable bonds is 0. The monoisotopic (exact) mass is 257 g/mol. The van der Waals surface area contributed by atoms with Crippen LogP contribution >= 0.6 is 0 Å². The molecule has 0 saturated carbocycles. The summed E-state index contributed by atoms with van der Waals surface area (Å²) < 4.78 is 11.3. The molecule has 1 aliphatic heterocycles. The van der Waals surface area contributed by atoms with Gasteiger partial charge in [-0.15, -0.1) is 0 Å². The number of aryl methyl sites for hydroxylation is 1. The molecule has 1 N–H and O–H groups in total. The zero-order valence-electron chi connectivity index (χ0n) is 10.6. The first-order valence-corrected chi connectivity index (χ1v) is 6.80. The van der Waals surface area contributed by atoms with Gasteiger partial charge in [-0.3, -0.25) is 4.79 Å². The molecule has 0 unspecified atom stereocenters. The number of aromatic nitrogens is 1. The van der Waals surface area contributed by atoms with Crippen LogP contribution in [0.5, 0.6) is 11.5 Å². The van der Waals surface area contributed by atoms with Gasteiger partial charge in [0.25, 0.3) is 0 Å². The molecule has 0 saturated heterocycles. The van der Waals surface area contributed by atoms with Gasteiger partial charge in [-0.1, -0.05) is 0 Å². The Balaban J connectivity index is 2.01. The summed E-state index contributed by atoms with van der Waals surface area (Å²) in [7, 11) is 0. The molecule has 1 aliphatic carbocycles. The molecule has 0 bridgehead atoms. The van der Waals surface area contributed by atoms with Gasteiger partial charge in [0.1, 0.15) is 0 Å². The van der Waals surface area contributed by atoms with E-state index in [1.807, 2.05) is 12.1 Å². The van der Waals surface area contributed by atoms with E-state index in [4.69, 9.17) is 9.47 Å². The highest BCUT2D eigenvalue weighted by Crippen LogP contribution is 2.33. The van der Waals surface area contributed by atoms with Gasteiger partial charge in [0.2, 0.25) is 0 Å². The predicted molar refractivity (Wildman–Crippen MR) is 72.2 cm³/mol. The van der Waals surface area contributed by atoms with E-state index in [0.717, 1.165) is 48.2 Å². The highest BCUT2D eigenvalue weighted by molar-refractivity contribution is 5.83. The minimum absolute atomic E-state index is 0.150. The zero-order chi connectivity index (χ0) is 12.8. The summed E-state index contributed by atoms with van der Waals surface area (Å²) in [6.07, 6.45) is 3.78. The van der Waals surface area contributed by atoms with Crippen LogP contribution in [0.15, 0.2) is 16.9 Å². The number of hydrogen-bond acceptors (Lipinski definition) is 3. The second kappa shape index (κ2) is 4.02. The third-order valence-corrected chi connectivity index (χ3v) is 3.91. The molecule has 0 fully saturated rings. The fourth-order valence-corrected chi connectivity index (χ4v) is 2.96. The Kier molecular flexibility index (Phi) is 2.31. The Morgan fingerprint density at radius 3 is 2.63 bits per heavy atom. The van der Waals surface area contributed by atoms with Gasteiger partial charge in [0, 0.05) is 29.1 Å². The number of ether oxygens (including phenoxy) is 2. The van der Waals surface area contributed by atoms with Crippen molar-refractivity contribution in [1.29, 1.82) is 0 Å². The first kappa shape index (κ1) is 10.9. The maximum atomic E-state index is 12.5. The van der Waals surface area contributed by atoms with Crippen LogP contribution in [0.2, 0.25) is 0 Å². The average molecular weight is 257 g/mol. The molecule has 19 heavy (non-hydrogen) atoms. The number of hydrogen-bond donors (Lipinski definition) is 1. The lowest BCUT2D eigenvalue weighted by Crippen LogP contribution is -2.11. The minimum atomic E-state index is 0.150. The fourth-order valence-electron chi connectivity index (χ4n) is 2.96. The molecular formula is C15H15NO3. The molecule has 0 atom stereocenters. The molecule has 2 aliphatic rings. The lowest BCUT2D eigenvalue weighted by molar-refractivity contribution is 0.297. The van der Waals surface area contributed by atoms with Gasteiger partial charge in [0.15, 0.2) is 16.9 Å². The van der Waals surface area contributed by atoms with Gasteiger partial charge >= 0.3 is 0 Å². The predicted octanol–water partition coefficient (Wildman–Crippen LogP) is 2.18. The highest BCUT2D eigenvalue weighted by atomic mass is 16.5. The standard InChI is InChI=1S/C15H15NO3/c17-15-9-3-1-4-11(9)16-12-8-14-13(7-10(12)15)18-5-2-6-19-14/h7-8H,1-6H2,(H,16,17). The van der Waals surface area contributed by atoms with Gasteiger partial charge in [-0.25, -0.2) is 0 Å². The van der Waals surface area contributed by atoms with E-state index in [9.17, 15) is 4.79 Å². The largest absolute Gasteiger partial charge is 0.490 e. The van der Waals surface area contributed by atoms with Crippen LogP contribution in [0, 0.1) is 0 Å². The van der Waals surface area contributed by atoms with Crippen molar-refractivity contribution in [3.63, 3.8) is 0 Å². The van der Waals surface area contributed by atoms with Crippen LogP contribution < -0.4 is 14.9 Å². The summed E-state index contributed by atoms with van der Waals surface area (Å²) in [5.74, 6) is 1.42. The summed E-state index contributed by atoms with van der Waals surface area (Å²) in [5.41, 5.74) is 3.04. The first-order chi connectivity index (χ1) is 9.33. The minimum Gasteiger partial charge on any atom is -0.490 e. The molecule has 98 valence electrons. The van der Waals surface area contributed by atoms with Crippen molar-refractivity contribution in [2.75, 3.05) is 13.2 Å². The fraction of sp³-hybridized carbons (Fsp3) is 0.400. The second-order valence-electron chi connectivity index (χ2n) is 5.16. The number of H-pyrrole nitrogens is 1. The average Bonchev–Trinajstić information content (AvgIpc) is 2.76. The summed E-state index contributed by atoms with van der Waals surface area (Å²) >= 11 is 0. The van der Waals surface area contributed by atoms with Crippen molar-refractivity contribution in [2.45, 2.75) is 25.7 Å². The van der Waals surface area contributed by atoms with Crippen molar-refractivity contribution in [3.05, 3.63) is 33.6 Å². The molecule has 0 spiro atoms. The summed E-state index contributed by atoms with van der Waals surface area (Å²) in [4.78, 5) is 15.9. The normalized spacial score (nSPS) is 17.3. The van der Waals surface area contributed by atoms with Gasteiger partial charge in [-0.2, -0.15) is 0 Å². The van der Waals surface area contributed by atoms with E-state index in [1.165, 1.54) is 0 Å². The van der Waals surface area contributed by atoms with E-state index in [0.29, 0.717) is 24.3 Å². The van der Waals surface area contributed by atoms with Crippen LogP contribution in [0.4, 0.5) is 0 Å². The third kappa shape index (κ3) is 1.63. The van der Waals surface area contributed by atoms with Crippen LogP contribution in [-0.4, -0.2) is 18.2 Å². The van der Waals surface area contributed by atoms with Gasteiger partial charge in [-0.05, 0) is 25.3 Å². The second-order valence-corrected chi connectivity index (χ2v) is 5.16. The lowest BCUT2D eigenvalue weighted by Gasteiger charge is -2.10. The lowest BCUT2D eigenvalue weighted by atomic mass is 10.1. The molecule has 0 radical (unpaired) electrons. The Hall–Kier alpha value is -1.97. The SMILES string of the molecule is O=c1c2c([nH]c3cc4c(cc13)OCCCO4)CCC2. The summed E-state index contributed by atoms with van der Waals surface area (Å²) in [6, 6.07) is 3.73. The summed E-state index contributed by atoms with van der Waals surface area (Å²) in [5, 5.41) is 0.713. The highest BCUT2D eigenvalue weighted by Gasteiger charge is 2.19. The third-order valence-electron chi connectivity index (χ3n) is 3.91. The van der Waals surface area contributed by atoms with E-state index in [2.05, 4.69) is 4.98 Å². The molecule has 4 nitrogen and oxygen atoms in total.